The van der Waals surface area contributed by atoms with E-state index in [2.05, 4.69) is 0 Å². The first-order chi connectivity index (χ1) is 11.8. The second-order valence-corrected chi connectivity index (χ2v) is 6.99. The van der Waals surface area contributed by atoms with Crippen LogP contribution in [0.5, 0.6) is 11.5 Å². The topological polar surface area (TPSA) is 76.1 Å². The van der Waals surface area contributed by atoms with E-state index in [0.29, 0.717) is 47.6 Å². The van der Waals surface area contributed by atoms with Crippen LogP contribution in [0.2, 0.25) is 5.02 Å². The van der Waals surface area contributed by atoms with Crippen LogP contribution >= 0.6 is 11.6 Å². The normalized spacial score (nSPS) is 17.0. The third-order valence-electron chi connectivity index (χ3n) is 4.09. The number of methoxy groups -OCH3 is 1. The average Bonchev–Trinajstić information content (AvgIpc) is 2.99. The average molecular weight is 370 g/mol. The number of likely N-dealkylation sites (tertiary alicyclic amines) is 1. The van der Waals surface area contributed by atoms with Gasteiger partial charge in [-0.25, -0.2) is 0 Å². The van der Waals surface area contributed by atoms with Crippen LogP contribution in [0.1, 0.15) is 43.5 Å². The molecule has 0 radical (unpaired) electrons. The van der Waals surface area contributed by atoms with Crippen LogP contribution < -0.4 is 9.47 Å². The highest BCUT2D eigenvalue weighted by atomic mass is 35.5. The van der Waals surface area contributed by atoms with E-state index in [1.54, 1.807) is 17.0 Å². The molecule has 1 aromatic rings. The number of hydrogen-bond donors (Lipinski definition) is 1. The summed E-state index contributed by atoms with van der Waals surface area (Å²) in [4.78, 5) is 25.4. The van der Waals surface area contributed by atoms with Gasteiger partial charge >= 0.3 is 5.97 Å². The van der Waals surface area contributed by atoms with Crippen LogP contribution in [0.25, 0.3) is 0 Å². The summed E-state index contributed by atoms with van der Waals surface area (Å²) in [5.41, 5.74) is 0.371. The van der Waals surface area contributed by atoms with Gasteiger partial charge in [-0.1, -0.05) is 25.4 Å². The zero-order valence-electron chi connectivity index (χ0n) is 14.8. The van der Waals surface area contributed by atoms with E-state index in [9.17, 15) is 9.59 Å². The fraction of sp³-hybridized carbons (Fsp3) is 0.556. The van der Waals surface area contributed by atoms with Gasteiger partial charge in [0.05, 0.1) is 25.2 Å². The molecule has 1 aromatic carbocycles. The number of halogens is 1. The monoisotopic (exact) mass is 369 g/mol. The molecule has 25 heavy (non-hydrogen) atoms. The molecule has 138 valence electrons. The van der Waals surface area contributed by atoms with Crippen molar-refractivity contribution in [3.05, 3.63) is 22.7 Å². The molecule has 1 unspecified atom stereocenters. The predicted molar refractivity (Wildman–Crippen MR) is 94.6 cm³/mol. The maximum absolute atomic E-state index is 12.8. The fourth-order valence-corrected chi connectivity index (χ4v) is 3.18. The summed E-state index contributed by atoms with van der Waals surface area (Å²) in [5, 5.41) is 9.32. The molecular weight excluding hydrogens is 346 g/mol. The minimum Gasteiger partial charge on any atom is -0.493 e. The number of carboxylic acids is 1. The van der Waals surface area contributed by atoms with Gasteiger partial charge in [0.15, 0.2) is 11.5 Å². The Morgan fingerprint density at radius 2 is 2.12 bits per heavy atom. The number of benzene rings is 1. The van der Waals surface area contributed by atoms with E-state index < -0.39 is 5.97 Å². The summed E-state index contributed by atoms with van der Waals surface area (Å²) in [7, 11) is 1.49. The van der Waals surface area contributed by atoms with Crippen molar-refractivity contribution in [1.29, 1.82) is 0 Å². The van der Waals surface area contributed by atoms with Crippen molar-refractivity contribution in [1.82, 2.24) is 4.90 Å². The summed E-state index contributed by atoms with van der Waals surface area (Å²) in [5.74, 6) is -0.0102. The van der Waals surface area contributed by atoms with Crippen LogP contribution in [-0.4, -0.2) is 48.2 Å². The second-order valence-electron chi connectivity index (χ2n) is 6.59. The largest absolute Gasteiger partial charge is 0.493 e. The molecule has 1 aliphatic heterocycles. The minimum absolute atomic E-state index is 0.0494. The number of carbonyl (C=O) groups excluding carboxylic acids is 1. The third-order valence-corrected chi connectivity index (χ3v) is 4.37. The van der Waals surface area contributed by atoms with Crippen molar-refractivity contribution in [3.63, 3.8) is 0 Å². The molecule has 1 heterocycles. The Morgan fingerprint density at radius 1 is 1.40 bits per heavy atom. The van der Waals surface area contributed by atoms with Crippen LogP contribution in [0.4, 0.5) is 0 Å². The quantitative estimate of drug-likeness (QED) is 0.796. The maximum atomic E-state index is 12.8. The second kappa shape index (κ2) is 8.43. The number of carbonyl (C=O) groups is 2. The van der Waals surface area contributed by atoms with Crippen molar-refractivity contribution in [2.45, 2.75) is 39.2 Å². The first kappa shape index (κ1) is 19.4. The highest BCUT2D eigenvalue weighted by Crippen LogP contribution is 2.37. The number of ether oxygens (including phenoxy) is 2. The van der Waals surface area contributed by atoms with Crippen LogP contribution in [0, 0.1) is 5.92 Å². The van der Waals surface area contributed by atoms with E-state index >= 15 is 0 Å². The Balaban J connectivity index is 2.25. The molecule has 0 spiro atoms. The molecule has 1 aliphatic rings. The summed E-state index contributed by atoms with van der Waals surface area (Å²) in [6.45, 7) is 5.07. The molecule has 1 atom stereocenters. The molecule has 7 heteroatoms. The molecule has 0 aliphatic carbocycles. The molecule has 2 rings (SSSR count). The predicted octanol–water partition coefficient (Wildman–Crippen LogP) is 3.46. The summed E-state index contributed by atoms with van der Waals surface area (Å²) >= 11 is 6.30. The number of rotatable bonds is 7. The van der Waals surface area contributed by atoms with Gasteiger partial charge in [-0.3, -0.25) is 9.59 Å². The lowest BCUT2D eigenvalue weighted by Crippen LogP contribution is -2.36. The van der Waals surface area contributed by atoms with E-state index in [-0.39, 0.29) is 18.4 Å². The summed E-state index contributed by atoms with van der Waals surface area (Å²) < 4.78 is 11.0. The molecule has 1 amide bonds. The van der Waals surface area contributed by atoms with Gasteiger partial charge in [0.2, 0.25) is 0 Å². The zero-order valence-corrected chi connectivity index (χ0v) is 15.5. The van der Waals surface area contributed by atoms with Gasteiger partial charge in [0, 0.05) is 18.2 Å². The first-order valence-electron chi connectivity index (χ1n) is 8.36. The molecular formula is C18H24ClNO5. The lowest BCUT2D eigenvalue weighted by Gasteiger charge is -2.24. The molecule has 0 aromatic heterocycles. The number of amides is 1. The standard InChI is InChI=1S/C18H24ClNO5/c1-11(2)10-25-17-14(19)7-12(8-15(17)24-3)18(23)20-6-4-5-13(20)9-16(21)22/h7-8,11,13H,4-6,9-10H2,1-3H3,(H,21,22). The minimum atomic E-state index is -0.905. The third kappa shape index (κ3) is 4.78. The maximum Gasteiger partial charge on any atom is 0.305 e. The molecule has 0 bridgehead atoms. The van der Waals surface area contributed by atoms with Gasteiger partial charge < -0.3 is 19.5 Å². The van der Waals surface area contributed by atoms with E-state index in [4.69, 9.17) is 26.2 Å². The Bertz CT molecular complexity index is 647. The Labute approximate surface area is 152 Å². The van der Waals surface area contributed by atoms with Crippen molar-refractivity contribution >= 4 is 23.5 Å². The smallest absolute Gasteiger partial charge is 0.305 e. The van der Waals surface area contributed by atoms with Gasteiger partial charge in [0.1, 0.15) is 0 Å². The van der Waals surface area contributed by atoms with E-state index in [1.807, 2.05) is 13.8 Å². The molecule has 1 saturated heterocycles. The highest BCUT2D eigenvalue weighted by Gasteiger charge is 2.31. The van der Waals surface area contributed by atoms with E-state index in [1.165, 1.54) is 7.11 Å². The number of nitrogens with zero attached hydrogens (tertiary/aromatic N) is 1. The van der Waals surface area contributed by atoms with Crippen molar-refractivity contribution in [2.24, 2.45) is 5.92 Å². The van der Waals surface area contributed by atoms with Gasteiger partial charge in [-0.05, 0) is 30.9 Å². The molecule has 1 fully saturated rings. The van der Waals surface area contributed by atoms with Crippen LogP contribution in [0.15, 0.2) is 12.1 Å². The summed E-state index contributed by atoms with van der Waals surface area (Å²) in [6, 6.07) is 2.87. The Hall–Kier alpha value is -1.95. The van der Waals surface area contributed by atoms with Crippen molar-refractivity contribution in [3.8, 4) is 11.5 Å². The molecule has 0 saturated carbocycles. The zero-order chi connectivity index (χ0) is 18.6. The Kier molecular flexibility index (Phi) is 6.53. The van der Waals surface area contributed by atoms with E-state index in [0.717, 1.165) is 6.42 Å². The fourth-order valence-electron chi connectivity index (χ4n) is 2.92. The first-order valence-corrected chi connectivity index (χ1v) is 8.74. The van der Waals surface area contributed by atoms with Crippen LogP contribution in [0.3, 0.4) is 0 Å². The lowest BCUT2D eigenvalue weighted by atomic mass is 10.1. The van der Waals surface area contributed by atoms with Crippen molar-refractivity contribution in [2.75, 3.05) is 20.3 Å². The SMILES string of the molecule is COc1cc(C(=O)N2CCCC2CC(=O)O)cc(Cl)c1OCC(C)C. The number of carboxylic acid groups (broad SMARTS) is 1. The molecule has 6 nitrogen and oxygen atoms in total. The summed E-state index contributed by atoms with van der Waals surface area (Å²) in [6.07, 6.45) is 1.44. The van der Waals surface area contributed by atoms with Crippen LogP contribution in [-0.2, 0) is 4.79 Å². The van der Waals surface area contributed by atoms with Gasteiger partial charge in [0.25, 0.3) is 5.91 Å². The van der Waals surface area contributed by atoms with Crippen molar-refractivity contribution < 1.29 is 24.2 Å². The number of aliphatic carboxylic acids is 1. The molecule has 1 N–H and O–H groups in total. The highest BCUT2D eigenvalue weighted by molar-refractivity contribution is 6.32. The lowest BCUT2D eigenvalue weighted by molar-refractivity contribution is -0.137. The van der Waals surface area contributed by atoms with Gasteiger partial charge in [-0.2, -0.15) is 0 Å². The Morgan fingerprint density at radius 3 is 2.72 bits per heavy atom. The number of hydrogen-bond acceptors (Lipinski definition) is 4. The van der Waals surface area contributed by atoms with Gasteiger partial charge in [-0.15, -0.1) is 0 Å².